The Bertz CT molecular complexity index is 900. The first kappa shape index (κ1) is 17.5. The van der Waals surface area contributed by atoms with Gasteiger partial charge in [-0.05, 0) is 18.2 Å². The predicted octanol–water partition coefficient (Wildman–Crippen LogP) is 2.84. The summed E-state index contributed by atoms with van der Waals surface area (Å²) in [6, 6.07) is 9.37. The van der Waals surface area contributed by atoms with Crippen molar-refractivity contribution < 1.29 is 26.9 Å². The molecule has 126 valence electrons. The highest BCUT2D eigenvalue weighted by Gasteiger charge is 2.29. The van der Waals surface area contributed by atoms with Crippen molar-refractivity contribution >= 4 is 27.1 Å². The van der Waals surface area contributed by atoms with Crippen molar-refractivity contribution in [1.82, 2.24) is 0 Å². The molecule has 1 N–H and O–H groups in total. The van der Waals surface area contributed by atoms with E-state index in [0.717, 1.165) is 18.2 Å². The molecule has 2 aromatic rings. The third-order valence-corrected chi connectivity index (χ3v) is 4.43. The molecule has 7 nitrogen and oxygen atoms in total. The summed E-state index contributed by atoms with van der Waals surface area (Å²) in [7, 11) is -4.91. The van der Waals surface area contributed by atoms with E-state index in [1.54, 1.807) is 0 Å². The molecular formula is C14H10F2N2O5S. The Balaban J connectivity index is 2.37. The zero-order valence-electron chi connectivity index (χ0n) is 11.8. The second kappa shape index (κ2) is 6.71. The number of nitro groups is 1. The number of carbonyl (C=O) groups is 1. The van der Waals surface area contributed by atoms with Crippen molar-refractivity contribution in [2.45, 2.75) is 10.7 Å². The molecule has 0 heterocycles. The molecule has 0 aliphatic heterocycles. The Morgan fingerprint density at radius 1 is 1.12 bits per heavy atom. The van der Waals surface area contributed by atoms with Crippen molar-refractivity contribution in [2.75, 3.05) is 5.32 Å². The maximum Gasteiger partial charge on any atom is 0.341 e. The van der Waals surface area contributed by atoms with Gasteiger partial charge in [-0.3, -0.25) is 14.9 Å². The van der Waals surface area contributed by atoms with Gasteiger partial charge in [0.1, 0.15) is 0 Å². The van der Waals surface area contributed by atoms with Gasteiger partial charge in [0, 0.05) is 17.7 Å². The number of hydrogen-bond donors (Lipinski definition) is 1. The zero-order valence-corrected chi connectivity index (χ0v) is 12.7. The molecule has 24 heavy (non-hydrogen) atoms. The summed E-state index contributed by atoms with van der Waals surface area (Å²) >= 11 is 0. The molecule has 0 unspecified atom stereocenters. The number of alkyl halides is 2. The van der Waals surface area contributed by atoms with Crippen LogP contribution in [0.4, 0.5) is 20.2 Å². The smallest absolute Gasteiger partial charge is 0.321 e. The molecule has 0 aliphatic carbocycles. The number of amides is 1. The second-order valence-corrected chi connectivity index (χ2v) is 6.45. The lowest BCUT2D eigenvalue weighted by Crippen LogP contribution is -2.17. The first-order chi connectivity index (χ1) is 11.2. The summed E-state index contributed by atoms with van der Waals surface area (Å²) in [6.45, 7) is 0. The minimum Gasteiger partial charge on any atom is -0.321 e. The average molecular weight is 356 g/mol. The van der Waals surface area contributed by atoms with Crippen molar-refractivity contribution in [3.05, 3.63) is 64.2 Å². The number of anilines is 1. The molecule has 0 fully saturated rings. The van der Waals surface area contributed by atoms with E-state index in [9.17, 15) is 32.1 Å². The van der Waals surface area contributed by atoms with Gasteiger partial charge in [-0.1, -0.05) is 18.2 Å². The molecule has 2 aromatic carbocycles. The van der Waals surface area contributed by atoms with E-state index in [1.807, 2.05) is 0 Å². The number of hydrogen-bond acceptors (Lipinski definition) is 5. The Morgan fingerprint density at radius 2 is 1.79 bits per heavy atom. The highest BCUT2D eigenvalue weighted by Crippen LogP contribution is 2.26. The number of rotatable bonds is 5. The van der Waals surface area contributed by atoms with Crippen LogP contribution in [0.25, 0.3) is 0 Å². The van der Waals surface area contributed by atoms with E-state index < -0.39 is 31.3 Å². The summed E-state index contributed by atoms with van der Waals surface area (Å²) < 4.78 is 48.7. The van der Waals surface area contributed by atoms with Gasteiger partial charge in [0.15, 0.2) is 0 Å². The van der Waals surface area contributed by atoms with E-state index in [1.165, 1.54) is 30.3 Å². The van der Waals surface area contributed by atoms with Crippen molar-refractivity contribution in [3.8, 4) is 0 Å². The Labute approximate surface area is 135 Å². The van der Waals surface area contributed by atoms with Crippen LogP contribution in [0.1, 0.15) is 10.4 Å². The Kier molecular flexibility index (Phi) is 4.88. The minimum absolute atomic E-state index is 0.117. The first-order valence-corrected chi connectivity index (χ1v) is 7.95. The maximum atomic E-state index is 12.7. The largest absolute Gasteiger partial charge is 0.341 e. The lowest BCUT2D eigenvalue weighted by molar-refractivity contribution is -0.384. The summed E-state index contributed by atoms with van der Waals surface area (Å²) in [5.74, 6) is -4.51. The summed E-state index contributed by atoms with van der Waals surface area (Å²) in [5, 5.41) is 12.9. The van der Waals surface area contributed by atoms with E-state index >= 15 is 0 Å². The molecule has 0 aliphatic rings. The highest BCUT2D eigenvalue weighted by molar-refractivity contribution is 7.91. The minimum atomic E-state index is -4.91. The molecule has 10 heteroatoms. The molecule has 1 amide bonds. The van der Waals surface area contributed by atoms with Crippen LogP contribution < -0.4 is 5.32 Å². The van der Waals surface area contributed by atoms with Gasteiger partial charge in [0.2, 0.25) is 9.84 Å². The third-order valence-electron chi connectivity index (χ3n) is 3.00. The number of halogens is 2. The van der Waals surface area contributed by atoms with Gasteiger partial charge in [0.25, 0.3) is 11.6 Å². The van der Waals surface area contributed by atoms with Gasteiger partial charge in [-0.15, -0.1) is 0 Å². The van der Waals surface area contributed by atoms with Crippen molar-refractivity contribution in [2.24, 2.45) is 0 Å². The molecule has 0 bridgehead atoms. The predicted molar refractivity (Wildman–Crippen MR) is 80.7 cm³/mol. The molecule has 0 radical (unpaired) electrons. The van der Waals surface area contributed by atoms with Gasteiger partial charge in [-0.25, -0.2) is 8.42 Å². The molecule has 0 saturated heterocycles. The van der Waals surface area contributed by atoms with E-state index in [4.69, 9.17) is 0 Å². The number of sulfone groups is 1. The fraction of sp³-hybridized carbons (Fsp3) is 0.0714. The normalized spacial score (nSPS) is 11.3. The van der Waals surface area contributed by atoms with Crippen LogP contribution >= 0.6 is 0 Å². The van der Waals surface area contributed by atoms with Crippen molar-refractivity contribution in [3.63, 3.8) is 0 Å². The van der Waals surface area contributed by atoms with Crippen LogP contribution in [0.3, 0.4) is 0 Å². The Hall–Kier alpha value is -2.88. The van der Waals surface area contributed by atoms with E-state index in [0.29, 0.717) is 0 Å². The molecule has 2 rings (SSSR count). The van der Waals surface area contributed by atoms with Crippen LogP contribution in [0.15, 0.2) is 53.4 Å². The van der Waals surface area contributed by atoms with Crippen LogP contribution in [0.5, 0.6) is 0 Å². The molecule has 0 aromatic heterocycles. The summed E-state index contributed by atoms with van der Waals surface area (Å²) in [4.78, 5) is 21.4. The lowest BCUT2D eigenvalue weighted by Gasteiger charge is -2.11. The SMILES string of the molecule is O=C(Nc1ccccc1S(=O)(=O)C(F)F)c1cccc([N+](=O)[O-])c1. The third kappa shape index (κ3) is 3.54. The first-order valence-electron chi connectivity index (χ1n) is 6.40. The lowest BCUT2D eigenvalue weighted by atomic mass is 10.2. The number of nitro benzene ring substituents is 1. The van der Waals surface area contributed by atoms with Crippen LogP contribution in [0.2, 0.25) is 0 Å². The van der Waals surface area contributed by atoms with Gasteiger partial charge in [0.05, 0.1) is 15.5 Å². The average Bonchev–Trinajstić information content (AvgIpc) is 2.55. The molecule has 0 saturated carbocycles. The summed E-state index contributed by atoms with van der Waals surface area (Å²) in [5.41, 5.74) is -0.793. The van der Waals surface area contributed by atoms with Crippen LogP contribution in [-0.2, 0) is 9.84 Å². The molecular weight excluding hydrogens is 346 g/mol. The fourth-order valence-electron chi connectivity index (χ4n) is 1.87. The number of benzene rings is 2. The monoisotopic (exact) mass is 356 g/mol. The van der Waals surface area contributed by atoms with Crippen molar-refractivity contribution in [1.29, 1.82) is 0 Å². The summed E-state index contributed by atoms with van der Waals surface area (Å²) in [6.07, 6.45) is 0. The zero-order chi connectivity index (χ0) is 17.9. The number of nitrogens with one attached hydrogen (secondary N) is 1. The van der Waals surface area contributed by atoms with Gasteiger partial charge < -0.3 is 5.32 Å². The number of nitrogens with zero attached hydrogens (tertiary/aromatic N) is 1. The van der Waals surface area contributed by atoms with Gasteiger partial charge in [-0.2, -0.15) is 8.78 Å². The quantitative estimate of drug-likeness (QED) is 0.655. The maximum absolute atomic E-state index is 12.7. The molecule has 0 atom stereocenters. The standard InChI is InChI=1S/C14H10F2N2O5S/c15-14(16)24(22,23)12-7-2-1-6-11(12)17-13(19)9-4-3-5-10(8-9)18(20)21/h1-8,14H,(H,17,19). The fourth-order valence-corrected chi connectivity index (χ4v) is 2.75. The van der Waals surface area contributed by atoms with Crippen LogP contribution in [0, 0.1) is 10.1 Å². The van der Waals surface area contributed by atoms with E-state index in [2.05, 4.69) is 5.32 Å². The number of non-ortho nitro benzene ring substituents is 1. The van der Waals surface area contributed by atoms with Crippen LogP contribution in [-0.4, -0.2) is 25.0 Å². The second-order valence-electron chi connectivity index (χ2n) is 4.56. The van der Waals surface area contributed by atoms with Gasteiger partial charge >= 0.3 is 5.76 Å². The number of para-hydroxylation sites is 1. The highest BCUT2D eigenvalue weighted by atomic mass is 32.2. The topological polar surface area (TPSA) is 106 Å². The van der Waals surface area contributed by atoms with E-state index in [-0.39, 0.29) is 16.9 Å². The number of carbonyl (C=O) groups excluding carboxylic acids is 1. The Morgan fingerprint density at radius 3 is 2.42 bits per heavy atom. The molecule has 0 spiro atoms.